The van der Waals surface area contributed by atoms with Crippen molar-refractivity contribution in [2.75, 3.05) is 19.6 Å². The summed E-state index contributed by atoms with van der Waals surface area (Å²) < 4.78 is 0. The number of rotatable bonds is 4. The number of fused-ring (bicyclic) bond motifs is 1. The first-order valence-electron chi connectivity index (χ1n) is 6.78. The topological polar surface area (TPSA) is 58.4 Å². The molecule has 2 fully saturated rings. The van der Waals surface area contributed by atoms with Crippen LogP contribution in [0.5, 0.6) is 0 Å². The second-order valence-electron chi connectivity index (χ2n) is 6.12. The van der Waals surface area contributed by atoms with Crippen LogP contribution in [0.3, 0.4) is 0 Å². The predicted molar refractivity (Wildman–Crippen MR) is 68.6 cm³/mol. The zero-order valence-corrected chi connectivity index (χ0v) is 11.0. The molecule has 2 aliphatic heterocycles. The van der Waals surface area contributed by atoms with Crippen LogP contribution >= 0.6 is 0 Å². The van der Waals surface area contributed by atoms with E-state index in [4.69, 9.17) is 5.73 Å². The number of hydrogen-bond acceptors (Lipinski definition) is 3. The van der Waals surface area contributed by atoms with Crippen molar-refractivity contribution in [3.63, 3.8) is 0 Å². The van der Waals surface area contributed by atoms with Gasteiger partial charge in [-0.25, -0.2) is 0 Å². The molecule has 0 spiro atoms. The molecule has 98 valence electrons. The molecule has 2 atom stereocenters. The average molecular weight is 239 g/mol. The van der Waals surface area contributed by atoms with Crippen molar-refractivity contribution in [1.29, 1.82) is 0 Å². The number of carbonyl (C=O) groups is 1. The number of nitrogens with one attached hydrogen (secondary N) is 1. The number of amides is 1. The molecule has 2 unspecified atom stereocenters. The lowest BCUT2D eigenvalue weighted by Gasteiger charge is -2.34. The highest BCUT2D eigenvalue weighted by Crippen LogP contribution is 2.27. The Labute approximate surface area is 104 Å². The van der Waals surface area contributed by atoms with Crippen LogP contribution in [0.1, 0.15) is 39.5 Å². The van der Waals surface area contributed by atoms with Crippen LogP contribution in [0.2, 0.25) is 0 Å². The van der Waals surface area contributed by atoms with Crippen molar-refractivity contribution in [1.82, 2.24) is 10.2 Å². The summed E-state index contributed by atoms with van der Waals surface area (Å²) in [5.41, 5.74) is 4.96. The Hall–Kier alpha value is -0.610. The summed E-state index contributed by atoms with van der Waals surface area (Å²) in [6, 6.07) is 1.24. The number of primary amides is 1. The first-order chi connectivity index (χ1) is 8.00. The van der Waals surface area contributed by atoms with Crippen LogP contribution < -0.4 is 11.1 Å². The molecular formula is C13H25N3O. The number of piperidine rings is 1. The van der Waals surface area contributed by atoms with E-state index in [1.807, 2.05) is 13.8 Å². The number of carbonyl (C=O) groups excluding carboxylic acids is 1. The molecule has 2 aliphatic rings. The molecule has 0 aromatic rings. The van der Waals surface area contributed by atoms with Crippen molar-refractivity contribution in [2.45, 2.75) is 51.6 Å². The maximum atomic E-state index is 11.3. The fraction of sp³-hybridized carbons (Fsp3) is 0.923. The molecule has 2 rings (SSSR count). The zero-order chi connectivity index (χ0) is 12.5. The van der Waals surface area contributed by atoms with Gasteiger partial charge in [0.2, 0.25) is 5.91 Å². The van der Waals surface area contributed by atoms with Crippen LogP contribution in [-0.4, -0.2) is 42.5 Å². The Morgan fingerprint density at radius 1 is 1.35 bits per heavy atom. The summed E-state index contributed by atoms with van der Waals surface area (Å²) >= 11 is 0. The van der Waals surface area contributed by atoms with Crippen molar-refractivity contribution >= 4 is 5.91 Å². The fourth-order valence-electron chi connectivity index (χ4n) is 2.96. The molecular weight excluding hydrogens is 214 g/mol. The molecule has 1 amide bonds. The van der Waals surface area contributed by atoms with Gasteiger partial charge in [-0.1, -0.05) is 6.42 Å². The van der Waals surface area contributed by atoms with Gasteiger partial charge in [0.25, 0.3) is 0 Å². The van der Waals surface area contributed by atoms with E-state index in [1.54, 1.807) is 0 Å². The lowest BCUT2D eigenvalue weighted by atomic mass is 9.91. The van der Waals surface area contributed by atoms with Gasteiger partial charge in [-0.3, -0.25) is 9.69 Å². The lowest BCUT2D eigenvalue weighted by molar-refractivity contribution is -0.125. The third-order valence-corrected chi connectivity index (χ3v) is 4.33. The van der Waals surface area contributed by atoms with Crippen LogP contribution in [0.4, 0.5) is 0 Å². The molecule has 4 nitrogen and oxygen atoms in total. The summed E-state index contributed by atoms with van der Waals surface area (Å²) in [5, 5.41) is 3.56. The largest absolute Gasteiger partial charge is 0.369 e. The Kier molecular flexibility index (Phi) is 3.73. The van der Waals surface area contributed by atoms with Crippen molar-refractivity contribution in [3.8, 4) is 0 Å². The Balaban J connectivity index is 1.86. The van der Waals surface area contributed by atoms with E-state index in [2.05, 4.69) is 10.2 Å². The number of nitrogens with zero attached hydrogens (tertiary/aromatic N) is 1. The van der Waals surface area contributed by atoms with Crippen LogP contribution in [0.25, 0.3) is 0 Å². The second kappa shape index (κ2) is 4.94. The van der Waals surface area contributed by atoms with E-state index in [-0.39, 0.29) is 5.91 Å². The Morgan fingerprint density at radius 2 is 2.12 bits per heavy atom. The second-order valence-corrected chi connectivity index (χ2v) is 6.12. The Bertz CT molecular complexity index is 290. The standard InChI is InChI=1S/C13H25N3O/c1-13(2,12(14)17)9-15-10-6-8-16-7-4-3-5-11(10)16/h10-11,15H,3-9H2,1-2H3,(H2,14,17). The lowest BCUT2D eigenvalue weighted by Crippen LogP contribution is -2.49. The van der Waals surface area contributed by atoms with E-state index in [1.165, 1.54) is 38.8 Å². The summed E-state index contributed by atoms with van der Waals surface area (Å²) in [6.45, 7) is 6.98. The highest BCUT2D eigenvalue weighted by Gasteiger charge is 2.36. The molecule has 0 aromatic heterocycles. The van der Waals surface area contributed by atoms with Gasteiger partial charge in [-0.2, -0.15) is 0 Å². The van der Waals surface area contributed by atoms with E-state index >= 15 is 0 Å². The SMILES string of the molecule is CC(C)(CNC1CCN2CCCCC12)C(N)=O. The van der Waals surface area contributed by atoms with Gasteiger partial charge in [-0.05, 0) is 39.7 Å². The van der Waals surface area contributed by atoms with Crippen LogP contribution in [0, 0.1) is 5.41 Å². The zero-order valence-electron chi connectivity index (χ0n) is 11.0. The highest BCUT2D eigenvalue weighted by atomic mass is 16.1. The molecule has 0 saturated carbocycles. The monoisotopic (exact) mass is 239 g/mol. The van der Waals surface area contributed by atoms with Gasteiger partial charge in [-0.15, -0.1) is 0 Å². The van der Waals surface area contributed by atoms with Gasteiger partial charge in [0.1, 0.15) is 0 Å². The predicted octanol–water partition coefficient (Wildman–Crippen LogP) is 0.714. The first kappa shape index (κ1) is 12.8. The van der Waals surface area contributed by atoms with Gasteiger partial charge < -0.3 is 11.1 Å². The minimum absolute atomic E-state index is 0.219. The molecule has 3 N–H and O–H groups in total. The normalized spacial score (nSPS) is 30.2. The fourth-order valence-corrected chi connectivity index (χ4v) is 2.96. The summed E-state index contributed by atoms with van der Waals surface area (Å²) in [6.07, 6.45) is 5.20. The third-order valence-electron chi connectivity index (χ3n) is 4.33. The van der Waals surface area contributed by atoms with E-state index in [9.17, 15) is 4.79 Å². The van der Waals surface area contributed by atoms with E-state index in [0.717, 1.165) is 0 Å². The molecule has 0 bridgehead atoms. The summed E-state index contributed by atoms with van der Waals surface area (Å²) in [4.78, 5) is 13.9. The first-order valence-corrected chi connectivity index (χ1v) is 6.78. The van der Waals surface area contributed by atoms with E-state index < -0.39 is 5.41 Å². The smallest absolute Gasteiger partial charge is 0.224 e. The molecule has 0 aromatic carbocycles. The van der Waals surface area contributed by atoms with Crippen molar-refractivity contribution < 1.29 is 4.79 Å². The molecule has 2 saturated heterocycles. The van der Waals surface area contributed by atoms with Crippen LogP contribution in [-0.2, 0) is 4.79 Å². The van der Waals surface area contributed by atoms with Crippen molar-refractivity contribution in [2.24, 2.45) is 11.1 Å². The summed E-state index contributed by atoms with van der Waals surface area (Å²) in [5.74, 6) is -0.219. The van der Waals surface area contributed by atoms with Gasteiger partial charge >= 0.3 is 0 Å². The molecule has 4 heteroatoms. The van der Waals surface area contributed by atoms with E-state index in [0.29, 0.717) is 18.6 Å². The molecule has 2 heterocycles. The van der Waals surface area contributed by atoms with Crippen LogP contribution in [0.15, 0.2) is 0 Å². The average Bonchev–Trinajstić information content (AvgIpc) is 2.69. The minimum Gasteiger partial charge on any atom is -0.369 e. The quantitative estimate of drug-likeness (QED) is 0.760. The maximum absolute atomic E-state index is 11.3. The molecule has 0 radical (unpaired) electrons. The number of nitrogens with two attached hydrogens (primary N) is 1. The number of hydrogen-bond donors (Lipinski definition) is 2. The molecule has 17 heavy (non-hydrogen) atoms. The van der Waals surface area contributed by atoms with Gasteiger partial charge in [0.15, 0.2) is 0 Å². The molecule has 0 aliphatic carbocycles. The van der Waals surface area contributed by atoms with Gasteiger partial charge in [0, 0.05) is 25.2 Å². The minimum atomic E-state index is -0.442. The highest BCUT2D eigenvalue weighted by molar-refractivity contribution is 5.80. The third kappa shape index (κ3) is 2.80. The maximum Gasteiger partial charge on any atom is 0.224 e. The van der Waals surface area contributed by atoms with Crippen molar-refractivity contribution in [3.05, 3.63) is 0 Å². The summed E-state index contributed by atoms with van der Waals surface area (Å²) in [7, 11) is 0. The van der Waals surface area contributed by atoms with Gasteiger partial charge in [0.05, 0.1) is 5.41 Å². The Morgan fingerprint density at radius 3 is 2.82 bits per heavy atom.